The first-order chi connectivity index (χ1) is 16.9. The number of aromatic nitrogens is 5. The minimum Gasteiger partial charge on any atom is -0.423 e. The lowest BCUT2D eigenvalue weighted by Crippen LogP contribution is -2.20. The number of nitrogens with zero attached hydrogens (tertiary/aromatic N) is 6. The van der Waals surface area contributed by atoms with Crippen molar-refractivity contribution in [2.75, 3.05) is 0 Å². The van der Waals surface area contributed by atoms with Gasteiger partial charge in [0.2, 0.25) is 17.7 Å². The van der Waals surface area contributed by atoms with E-state index in [4.69, 9.17) is 21.0 Å². The molecule has 0 saturated carbocycles. The average Bonchev–Trinajstić information content (AvgIpc) is 3.51. The summed E-state index contributed by atoms with van der Waals surface area (Å²) in [4.78, 5) is 17.8. The second-order valence-corrected chi connectivity index (χ2v) is 9.76. The van der Waals surface area contributed by atoms with Crippen molar-refractivity contribution in [1.82, 2.24) is 30.3 Å². The van der Waals surface area contributed by atoms with Gasteiger partial charge < -0.3 is 9.73 Å². The smallest absolute Gasteiger partial charge is 0.243 e. The molecular formula is C24H22ClN7O2S. The highest BCUT2D eigenvalue weighted by molar-refractivity contribution is 7.15. The SMILES string of the molecule is C=CC(=O)NCc1nnc(C[C@@H]2N=C(c3ccc(Cl)cc3)c3c(sc(C)c3C)-n3c(C)nnc32)o1. The van der Waals surface area contributed by atoms with Crippen molar-refractivity contribution >= 4 is 34.6 Å². The molecule has 3 aromatic heterocycles. The van der Waals surface area contributed by atoms with Gasteiger partial charge >= 0.3 is 0 Å². The van der Waals surface area contributed by atoms with Crippen LogP contribution in [0.4, 0.5) is 0 Å². The molecule has 1 aromatic carbocycles. The fourth-order valence-corrected chi connectivity index (χ4v) is 5.32. The van der Waals surface area contributed by atoms with E-state index in [1.807, 2.05) is 31.2 Å². The largest absolute Gasteiger partial charge is 0.423 e. The van der Waals surface area contributed by atoms with Gasteiger partial charge in [0.1, 0.15) is 16.9 Å². The standard InChI is InChI=1S/C24H22ClN7O2S/c1-5-18(33)26-11-20-30-29-19(34-20)10-17-23-31-28-14(4)32(23)24-21(12(2)13(3)35-24)22(27-17)15-6-8-16(25)9-7-15/h5-9,17H,1,10-11H2,2-4H3,(H,26,33)/t17-/m0/s1. The van der Waals surface area contributed by atoms with Crippen LogP contribution in [-0.4, -0.2) is 36.6 Å². The zero-order chi connectivity index (χ0) is 24.7. The number of halogens is 1. The second-order valence-electron chi connectivity index (χ2n) is 8.12. The number of fused-ring (bicyclic) bond motifs is 3. The van der Waals surface area contributed by atoms with E-state index in [0.717, 1.165) is 33.2 Å². The molecule has 5 rings (SSSR count). The van der Waals surface area contributed by atoms with Crippen molar-refractivity contribution in [3.05, 3.63) is 86.9 Å². The molecule has 4 aromatic rings. The molecule has 35 heavy (non-hydrogen) atoms. The van der Waals surface area contributed by atoms with E-state index < -0.39 is 6.04 Å². The van der Waals surface area contributed by atoms with Crippen LogP contribution in [0.25, 0.3) is 5.00 Å². The molecule has 0 saturated heterocycles. The summed E-state index contributed by atoms with van der Waals surface area (Å²) >= 11 is 7.86. The van der Waals surface area contributed by atoms with Gasteiger partial charge in [-0.3, -0.25) is 14.4 Å². The minimum atomic E-state index is -0.419. The Morgan fingerprint density at radius 2 is 1.91 bits per heavy atom. The van der Waals surface area contributed by atoms with Crippen LogP contribution in [0.2, 0.25) is 5.02 Å². The van der Waals surface area contributed by atoms with Crippen LogP contribution >= 0.6 is 22.9 Å². The number of carbonyl (C=O) groups excluding carboxylic acids is 1. The highest BCUT2D eigenvalue weighted by Crippen LogP contribution is 2.39. The lowest BCUT2D eigenvalue weighted by Gasteiger charge is -2.11. The van der Waals surface area contributed by atoms with Gasteiger partial charge in [-0.2, -0.15) is 0 Å². The van der Waals surface area contributed by atoms with Crippen molar-refractivity contribution in [1.29, 1.82) is 0 Å². The molecular weight excluding hydrogens is 486 g/mol. The van der Waals surface area contributed by atoms with Crippen LogP contribution in [0.15, 0.2) is 46.3 Å². The number of carbonyl (C=O) groups is 1. The number of aryl methyl sites for hydroxylation is 2. The summed E-state index contributed by atoms with van der Waals surface area (Å²) in [5.74, 6) is 1.86. The Balaban J connectivity index is 1.59. The molecule has 0 fully saturated rings. The predicted octanol–water partition coefficient (Wildman–Crippen LogP) is 4.23. The molecule has 11 heteroatoms. The van der Waals surface area contributed by atoms with Crippen LogP contribution in [0.1, 0.15) is 51.0 Å². The number of aliphatic imine (C=N–C) groups is 1. The molecule has 1 aliphatic heterocycles. The quantitative estimate of drug-likeness (QED) is 0.391. The Bertz CT molecular complexity index is 1470. The van der Waals surface area contributed by atoms with Gasteiger partial charge in [-0.05, 0) is 44.5 Å². The van der Waals surface area contributed by atoms with Crippen LogP contribution < -0.4 is 5.32 Å². The summed E-state index contributed by atoms with van der Waals surface area (Å²) in [6, 6.07) is 7.25. The summed E-state index contributed by atoms with van der Waals surface area (Å²) in [5.41, 5.74) is 4.03. The van der Waals surface area contributed by atoms with Gasteiger partial charge in [0.25, 0.3) is 0 Å². The first-order valence-corrected chi connectivity index (χ1v) is 12.1. The van der Waals surface area contributed by atoms with E-state index >= 15 is 0 Å². The number of nitrogens with one attached hydrogen (secondary N) is 1. The third kappa shape index (κ3) is 4.30. The first-order valence-electron chi connectivity index (χ1n) is 10.9. The maximum absolute atomic E-state index is 11.5. The van der Waals surface area contributed by atoms with Crippen molar-refractivity contribution < 1.29 is 9.21 Å². The van der Waals surface area contributed by atoms with Gasteiger partial charge in [-0.15, -0.1) is 31.7 Å². The van der Waals surface area contributed by atoms with Crippen LogP contribution in [-0.2, 0) is 17.8 Å². The van der Waals surface area contributed by atoms with Crippen molar-refractivity contribution in [2.45, 2.75) is 39.8 Å². The van der Waals surface area contributed by atoms with Gasteiger partial charge in [-0.1, -0.05) is 30.3 Å². The molecule has 1 amide bonds. The number of hydrogen-bond donors (Lipinski definition) is 1. The Kier molecular flexibility index (Phi) is 6.08. The maximum Gasteiger partial charge on any atom is 0.243 e. The average molecular weight is 508 g/mol. The van der Waals surface area contributed by atoms with Crippen LogP contribution in [0.5, 0.6) is 0 Å². The van der Waals surface area contributed by atoms with E-state index in [0.29, 0.717) is 29.0 Å². The predicted molar refractivity (Wildman–Crippen MR) is 133 cm³/mol. The summed E-state index contributed by atoms with van der Waals surface area (Å²) in [5, 5.41) is 21.4. The number of benzene rings is 1. The Labute approximate surface area is 210 Å². The fourth-order valence-electron chi connectivity index (χ4n) is 3.98. The lowest BCUT2D eigenvalue weighted by molar-refractivity contribution is -0.116. The summed E-state index contributed by atoms with van der Waals surface area (Å²) < 4.78 is 7.86. The van der Waals surface area contributed by atoms with Crippen LogP contribution in [0.3, 0.4) is 0 Å². The number of amides is 1. The third-order valence-corrected chi connectivity index (χ3v) is 7.28. The van der Waals surface area contributed by atoms with E-state index in [1.54, 1.807) is 11.3 Å². The molecule has 0 bridgehead atoms. The van der Waals surface area contributed by atoms with Crippen LogP contribution in [0, 0.1) is 20.8 Å². The van der Waals surface area contributed by atoms with Gasteiger partial charge in [0.05, 0.1) is 18.7 Å². The number of thiophene rings is 1. The number of hydrogen-bond acceptors (Lipinski definition) is 8. The first kappa shape index (κ1) is 23.1. The number of rotatable bonds is 6. The molecule has 1 atom stereocenters. The van der Waals surface area contributed by atoms with Gasteiger partial charge in [0, 0.05) is 21.0 Å². The molecule has 0 unspecified atom stereocenters. The molecule has 0 spiro atoms. The maximum atomic E-state index is 11.5. The zero-order valence-electron chi connectivity index (χ0n) is 19.4. The molecule has 4 heterocycles. The Hall–Kier alpha value is -3.63. The minimum absolute atomic E-state index is 0.118. The van der Waals surface area contributed by atoms with E-state index in [9.17, 15) is 4.79 Å². The summed E-state index contributed by atoms with van der Waals surface area (Å²) in [6.07, 6.45) is 1.51. The van der Waals surface area contributed by atoms with Crippen molar-refractivity contribution in [3.8, 4) is 5.00 Å². The Morgan fingerprint density at radius 1 is 1.17 bits per heavy atom. The second kappa shape index (κ2) is 9.20. The van der Waals surface area contributed by atoms with Gasteiger partial charge in [-0.25, -0.2) is 0 Å². The fraction of sp³-hybridized carbons (Fsp3) is 0.250. The monoisotopic (exact) mass is 507 g/mol. The highest BCUT2D eigenvalue weighted by atomic mass is 35.5. The van der Waals surface area contributed by atoms with E-state index in [2.05, 4.69) is 50.7 Å². The molecule has 1 N–H and O–H groups in total. The van der Waals surface area contributed by atoms with Gasteiger partial charge in [0.15, 0.2) is 5.82 Å². The zero-order valence-corrected chi connectivity index (χ0v) is 20.9. The van der Waals surface area contributed by atoms with E-state index in [-0.39, 0.29) is 12.5 Å². The molecule has 1 aliphatic rings. The van der Waals surface area contributed by atoms with Crippen molar-refractivity contribution in [2.24, 2.45) is 4.99 Å². The molecule has 0 radical (unpaired) electrons. The van der Waals surface area contributed by atoms with E-state index in [1.165, 1.54) is 11.0 Å². The lowest BCUT2D eigenvalue weighted by atomic mass is 9.99. The topological polar surface area (TPSA) is 111 Å². The summed E-state index contributed by atoms with van der Waals surface area (Å²) in [7, 11) is 0. The molecule has 9 nitrogen and oxygen atoms in total. The molecule has 0 aliphatic carbocycles. The normalized spacial score (nSPS) is 14.6. The molecule has 178 valence electrons. The van der Waals surface area contributed by atoms with Crippen molar-refractivity contribution in [3.63, 3.8) is 0 Å². The third-order valence-electron chi connectivity index (χ3n) is 5.83. The Morgan fingerprint density at radius 3 is 2.66 bits per heavy atom. The highest BCUT2D eigenvalue weighted by Gasteiger charge is 2.32. The summed E-state index contributed by atoms with van der Waals surface area (Å²) in [6.45, 7) is 9.70.